The molecule has 4 fully saturated rings. The standard InChI is InChI=1S/C20H25FN2O3/c21-15-5-7-16(8-6-15)22-9-11-23(12-10-22)19(24)17-13-1-3-14(4-2-13)18(17)20(25)26/h5-8,13-14,17-18H,1-4,9-12H2,(H,25,26)/p-1/t13?,14?,17-,18-/m1/s1. The number of aliphatic carboxylic acids is 1. The quantitative estimate of drug-likeness (QED) is 0.816. The molecule has 0 spiro atoms. The zero-order valence-corrected chi connectivity index (χ0v) is 14.8. The SMILES string of the molecule is O=C([O-])[C@@H]1C2CCC(CC2)[C@H]1C(=O)N1CCN(c2ccc(F)cc2)CC1. The molecule has 1 amide bonds. The van der Waals surface area contributed by atoms with Gasteiger partial charge in [0.15, 0.2) is 0 Å². The lowest BCUT2D eigenvalue weighted by Crippen LogP contribution is -2.57. The molecule has 6 heteroatoms. The van der Waals surface area contributed by atoms with Gasteiger partial charge in [-0.3, -0.25) is 4.79 Å². The summed E-state index contributed by atoms with van der Waals surface area (Å²) in [6.45, 7) is 2.50. The van der Waals surface area contributed by atoms with Crippen molar-refractivity contribution in [1.29, 1.82) is 0 Å². The van der Waals surface area contributed by atoms with Crippen LogP contribution in [-0.4, -0.2) is 43.0 Å². The molecule has 26 heavy (non-hydrogen) atoms. The Morgan fingerprint density at radius 2 is 1.42 bits per heavy atom. The van der Waals surface area contributed by atoms with Gasteiger partial charge >= 0.3 is 0 Å². The minimum absolute atomic E-state index is 0.00708. The van der Waals surface area contributed by atoms with Crippen molar-refractivity contribution in [3.63, 3.8) is 0 Å². The molecule has 1 aliphatic heterocycles. The summed E-state index contributed by atoms with van der Waals surface area (Å²) >= 11 is 0. The number of hydrogen-bond donors (Lipinski definition) is 0. The maximum Gasteiger partial charge on any atom is 0.226 e. The highest BCUT2D eigenvalue weighted by atomic mass is 19.1. The number of carboxylic acid groups (broad SMARTS) is 1. The van der Waals surface area contributed by atoms with Gasteiger partial charge in [-0.2, -0.15) is 0 Å². The second-order valence-corrected chi connectivity index (χ2v) is 7.83. The molecule has 1 aromatic rings. The Morgan fingerprint density at radius 1 is 0.885 bits per heavy atom. The Labute approximate surface area is 152 Å². The molecule has 0 N–H and O–H groups in total. The van der Waals surface area contributed by atoms with Crippen LogP contribution in [0.5, 0.6) is 0 Å². The molecule has 3 aliphatic carbocycles. The molecule has 1 heterocycles. The Kier molecular flexibility index (Phi) is 4.59. The third-order valence-corrected chi connectivity index (χ3v) is 6.56. The molecule has 0 unspecified atom stereocenters. The van der Waals surface area contributed by atoms with Crippen molar-refractivity contribution in [1.82, 2.24) is 4.90 Å². The first-order valence-electron chi connectivity index (χ1n) is 9.55. The van der Waals surface area contributed by atoms with E-state index in [-0.39, 0.29) is 23.6 Å². The number of carbonyl (C=O) groups excluding carboxylic acids is 2. The van der Waals surface area contributed by atoms with Gasteiger partial charge in [-0.1, -0.05) is 0 Å². The van der Waals surface area contributed by atoms with Crippen LogP contribution < -0.4 is 10.0 Å². The highest BCUT2D eigenvalue weighted by molar-refractivity contribution is 5.85. The summed E-state index contributed by atoms with van der Waals surface area (Å²) in [6.07, 6.45) is 3.73. The minimum atomic E-state index is -1.05. The lowest BCUT2D eigenvalue weighted by atomic mass is 9.58. The van der Waals surface area contributed by atoms with Gasteiger partial charge < -0.3 is 19.7 Å². The van der Waals surface area contributed by atoms with Crippen molar-refractivity contribution < 1.29 is 19.1 Å². The highest BCUT2D eigenvalue weighted by Gasteiger charge is 2.48. The van der Waals surface area contributed by atoms with Crippen LogP contribution in [-0.2, 0) is 9.59 Å². The van der Waals surface area contributed by atoms with Gasteiger partial charge in [-0.15, -0.1) is 0 Å². The number of halogens is 1. The average molecular weight is 359 g/mol. The van der Waals surface area contributed by atoms with Crippen LogP contribution in [0.2, 0.25) is 0 Å². The van der Waals surface area contributed by atoms with Gasteiger partial charge in [-0.25, -0.2) is 4.39 Å². The number of benzene rings is 1. The molecular formula is C20H24FN2O3-. The Bertz CT molecular complexity index is 677. The molecule has 4 aliphatic rings. The Morgan fingerprint density at radius 3 is 1.96 bits per heavy atom. The first-order valence-corrected chi connectivity index (χ1v) is 9.55. The number of nitrogens with zero attached hydrogens (tertiary/aromatic N) is 2. The summed E-state index contributed by atoms with van der Waals surface area (Å²) in [5, 5.41) is 11.7. The van der Waals surface area contributed by atoms with E-state index in [0.29, 0.717) is 26.2 Å². The molecule has 0 aromatic heterocycles. The van der Waals surface area contributed by atoms with E-state index in [9.17, 15) is 19.1 Å². The number of piperazine rings is 1. The molecule has 5 rings (SSSR count). The normalized spacial score (nSPS) is 31.1. The molecule has 2 bridgehead atoms. The van der Waals surface area contributed by atoms with Gasteiger partial charge in [0.1, 0.15) is 5.82 Å². The predicted octanol–water partition coefficient (Wildman–Crippen LogP) is 1.28. The number of anilines is 1. The van der Waals surface area contributed by atoms with Crippen LogP contribution in [0, 0.1) is 29.5 Å². The number of carboxylic acids is 1. The molecule has 2 atom stereocenters. The molecule has 3 saturated carbocycles. The lowest BCUT2D eigenvalue weighted by Gasteiger charge is -2.50. The van der Waals surface area contributed by atoms with E-state index in [0.717, 1.165) is 31.4 Å². The molecule has 5 nitrogen and oxygen atoms in total. The van der Waals surface area contributed by atoms with Crippen LogP contribution in [0.4, 0.5) is 10.1 Å². The Balaban J connectivity index is 1.43. The third-order valence-electron chi connectivity index (χ3n) is 6.56. The maximum atomic E-state index is 13.1. The maximum absolute atomic E-state index is 13.1. The van der Waals surface area contributed by atoms with Crippen molar-refractivity contribution >= 4 is 17.6 Å². The predicted molar refractivity (Wildman–Crippen MR) is 92.6 cm³/mol. The van der Waals surface area contributed by atoms with E-state index in [2.05, 4.69) is 4.90 Å². The zero-order chi connectivity index (χ0) is 18.3. The first-order chi connectivity index (χ1) is 12.5. The van der Waals surface area contributed by atoms with Crippen molar-refractivity contribution in [3.05, 3.63) is 30.1 Å². The second-order valence-electron chi connectivity index (χ2n) is 7.83. The fourth-order valence-corrected chi connectivity index (χ4v) is 5.19. The highest BCUT2D eigenvalue weighted by Crippen LogP contribution is 2.49. The minimum Gasteiger partial charge on any atom is -0.550 e. The third kappa shape index (κ3) is 3.06. The van der Waals surface area contributed by atoms with Gasteiger partial charge in [-0.05, 0) is 61.8 Å². The Hall–Kier alpha value is -2.11. The topological polar surface area (TPSA) is 63.7 Å². The van der Waals surface area contributed by atoms with Gasteiger partial charge in [0.25, 0.3) is 0 Å². The number of carbonyl (C=O) groups is 2. The van der Waals surface area contributed by atoms with Crippen molar-refractivity contribution in [2.24, 2.45) is 23.7 Å². The summed E-state index contributed by atoms with van der Waals surface area (Å²) in [5.74, 6) is -2.07. The average Bonchev–Trinajstić information content (AvgIpc) is 2.68. The van der Waals surface area contributed by atoms with Gasteiger partial charge in [0.2, 0.25) is 5.91 Å². The molecule has 140 valence electrons. The number of rotatable bonds is 3. The van der Waals surface area contributed by atoms with Crippen LogP contribution in [0.3, 0.4) is 0 Å². The van der Waals surface area contributed by atoms with Crippen LogP contribution in [0.25, 0.3) is 0 Å². The van der Waals surface area contributed by atoms with E-state index in [1.165, 1.54) is 12.1 Å². The first kappa shape index (κ1) is 17.3. The van der Waals surface area contributed by atoms with Crippen molar-refractivity contribution in [3.8, 4) is 0 Å². The monoisotopic (exact) mass is 359 g/mol. The number of fused-ring (bicyclic) bond motifs is 3. The largest absolute Gasteiger partial charge is 0.550 e. The lowest BCUT2D eigenvalue weighted by molar-refractivity contribution is -0.318. The van der Waals surface area contributed by atoms with Crippen LogP contribution in [0.1, 0.15) is 25.7 Å². The molecule has 1 aromatic carbocycles. The summed E-state index contributed by atoms with van der Waals surface area (Å²) in [7, 11) is 0. The zero-order valence-electron chi connectivity index (χ0n) is 14.8. The van der Waals surface area contributed by atoms with Crippen molar-refractivity contribution in [2.45, 2.75) is 25.7 Å². The fraction of sp³-hybridized carbons (Fsp3) is 0.600. The summed E-state index contributed by atoms with van der Waals surface area (Å²) in [5.41, 5.74) is 0.947. The van der Waals surface area contributed by atoms with Gasteiger partial charge in [0.05, 0.1) is 0 Å². The van der Waals surface area contributed by atoms with Crippen LogP contribution in [0.15, 0.2) is 24.3 Å². The summed E-state index contributed by atoms with van der Waals surface area (Å²) in [4.78, 5) is 28.8. The summed E-state index contributed by atoms with van der Waals surface area (Å²) in [6, 6.07) is 6.38. The smallest absolute Gasteiger partial charge is 0.226 e. The van der Waals surface area contributed by atoms with E-state index < -0.39 is 17.8 Å². The molecular weight excluding hydrogens is 335 g/mol. The van der Waals surface area contributed by atoms with Crippen molar-refractivity contribution in [2.75, 3.05) is 31.1 Å². The van der Waals surface area contributed by atoms with E-state index in [1.807, 2.05) is 4.90 Å². The summed E-state index contributed by atoms with van der Waals surface area (Å²) < 4.78 is 13.1. The van der Waals surface area contributed by atoms with E-state index in [1.54, 1.807) is 12.1 Å². The van der Waals surface area contributed by atoms with Gasteiger partial charge in [0, 0.05) is 49.7 Å². The number of hydrogen-bond acceptors (Lipinski definition) is 4. The number of amides is 1. The van der Waals surface area contributed by atoms with E-state index in [4.69, 9.17) is 0 Å². The van der Waals surface area contributed by atoms with E-state index >= 15 is 0 Å². The molecule has 1 saturated heterocycles. The van der Waals surface area contributed by atoms with Crippen LogP contribution >= 0.6 is 0 Å². The molecule has 0 radical (unpaired) electrons. The second kappa shape index (κ2) is 6.89. The fourth-order valence-electron chi connectivity index (χ4n) is 5.19.